The molecule has 0 aliphatic rings. The second-order valence-electron chi connectivity index (χ2n) is 4.80. The van der Waals surface area contributed by atoms with Crippen LogP contribution >= 0.6 is 0 Å². The molecule has 0 aromatic rings. The van der Waals surface area contributed by atoms with Crippen LogP contribution in [0.15, 0.2) is 0 Å². The first-order valence-electron chi connectivity index (χ1n) is 5.20. The van der Waals surface area contributed by atoms with Gasteiger partial charge in [0, 0.05) is 0 Å². The van der Waals surface area contributed by atoms with E-state index in [4.69, 9.17) is 7.58 Å². The molecule has 0 bridgehead atoms. The maximum atomic E-state index is 11.6. The van der Waals surface area contributed by atoms with Gasteiger partial charge < -0.3 is 0 Å². The topological polar surface area (TPSA) is 52.6 Å². The van der Waals surface area contributed by atoms with Gasteiger partial charge in [-0.3, -0.25) is 0 Å². The van der Waals surface area contributed by atoms with E-state index >= 15 is 0 Å². The molecule has 15 heavy (non-hydrogen) atoms. The van der Waals surface area contributed by atoms with Crippen LogP contribution in [0.5, 0.6) is 0 Å². The molecular formula is C10H22CrO4. The van der Waals surface area contributed by atoms with Gasteiger partial charge in [0.1, 0.15) is 0 Å². The molecule has 0 fully saturated rings. The average molecular weight is 258 g/mol. The van der Waals surface area contributed by atoms with Gasteiger partial charge in [-0.1, -0.05) is 0 Å². The van der Waals surface area contributed by atoms with Gasteiger partial charge in [0.15, 0.2) is 0 Å². The van der Waals surface area contributed by atoms with Crippen LogP contribution < -0.4 is 0 Å². The van der Waals surface area contributed by atoms with Crippen molar-refractivity contribution in [1.82, 2.24) is 0 Å². The summed E-state index contributed by atoms with van der Waals surface area (Å²) < 4.78 is 33.3. The van der Waals surface area contributed by atoms with E-state index in [1.807, 2.05) is 13.8 Å². The Morgan fingerprint density at radius 2 is 1.13 bits per heavy atom. The predicted molar refractivity (Wildman–Crippen MR) is 52.3 cm³/mol. The monoisotopic (exact) mass is 258 g/mol. The summed E-state index contributed by atoms with van der Waals surface area (Å²) >= 11 is -4.70. The summed E-state index contributed by atoms with van der Waals surface area (Å²) in [5, 5.41) is 0. The summed E-state index contributed by atoms with van der Waals surface area (Å²) in [7, 11) is 0. The van der Waals surface area contributed by atoms with E-state index in [9.17, 15) is 7.61 Å². The maximum absolute atomic E-state index is 11.6. The van der Waals surface area contributed by atoms with Gasteiger partial charge in [-0.25, -0.2) is 0 Å². The van der Waals surface area contributed by atoms with Crippen LogP contribution in [0.25, 0.3) is 0 Å². The van der Waals surface area contributed by atoms with Crippen molar-refractivity contribution in [3.05, 3.63) is 0 Å². The molecule has 0 atom stereocenters. The Balaban J connectivity index is 4.59. The van der Waals surface area contributed by atoms with E-state index < -0.39 is 24.8 Å². The quantitative estimate of drug-likeness (QED) is 0.734. The summed E-state index contributed by atoms with van der Waals surface area (Å²) in [5.74, 6) is 0. The fourth-order valence-electron chi connectivity index (χ4n) is 0.687. The van der Waals surface area contributed by atoms with Gasteiger partial charge in [0.2, 0.25) is 0 Å². The van der Waals surface area contributed by atoms with Crippen molar-refractivity contribution in [3.8, 4) is 0 Å². The zero-order chi connectivity index (χ0) is 12.3. The Morgan fingerprint density at radius 3 is 1.33 bits per heavy atom. The Hall–Kier alpha value is 0.0525. The third kappa shape index (κ3) is 6.26. The van der Waals surface area contributed by atoms with Crippen molar-refractivity contribution in [1.29, 1.82) is 0 Å². The molecule has 5 heteroatoms. The molecule has 0 saturated heterocycles. The number of hydrogen-bond donors (Lipinski definition) is 0. The molecule has 0 aromatic heterocycles. The Bertz CT molecular complexity index is 267. The van der Waals surface area contributed by atoms with Crippen LogP contribution in [0, 0.1) is 0 Å². The van der Waals surface area contributed by atoms with Crippen molar-refractivity contribution < 1.29 is 28.8 Å². The SMILES string of the molecule is CCC(C)(C)[O][Cr](=[O])(=[O])[O]C(C)(C)CC. The van der Waals surface area contributed by atoms with Gasteiger partial charge in [0.25, 0.3) is 0 Å². The van der Waals surface area contributed by atoms with E-state index in [1.54, 1.807) is 27.7 Å². The Labute approximate surface area is 94.7 Å². The summed E-state index contributed by atoms with van der Waals surface area (Å²) in [6.07, 6.45) is 1.24. The summed E-state index contributed by atoms with van der Waals surface area (Å²) in [6.45, 7) is 10.7. The van der Waals surface area contributed by atoms with Crippen LogP contribution in [-0.4, -0.2) is 11.2 Å². The number of hydrogen-bond acceptors (Lipinski definition) is 4. The molecule has 0 aromatic carbocycles. The van der Waals surface area contributed by atoms with Gasteiger partial charge in [0.05, 0.1) is 0 Å². The summed E-state index contributed by atoms with van der Waals surface area (Å²) in [6, 6.07) is 0. The molecule has 0 N–H and O–H groups in total. The standard InChI is InChI=1S/2C5H11O.Cr.2O/c2*1-4-5(2,3)6;;;/h2*4H2,1-3H3;;;/q2*-1;+2;;. The molecule has 0 spiro atoms. The van der Waals surface area contributed by atoms with Crippen LogP contribution in [0.3, 0.4) is 0 Å². The van der Waals surface area contributed by atoms with E-state index in [0.717, 1.165) is 0 Å². The van der Waals surface area contributed by atoms with Crippen LogP contribution in [-0.2, 0) is 28.8 Å². The molecule has 0 amide bonds. The third-order valence-corrected chi connectivity index (χ3v) is 4.40. The van der Waals surface area contributed by atoms with Crippen LogP contribution in [0.4, 0.5) is 0 Å². The second-order valence-corrected chi connectivity index (χ2v) is 6.60. The molecule has 92 valence electrons. The van der Waals surface area contributed by atoms with E-state index in [0.29, 0.717) is 12.8 Å². The average Bonchev–Trinajstić information content (AvgIpc) is 2.00. The molecule has 4 nitrogen and oxygen atoms in total. The van der Waals surface area contributed by atoms with Crippen molar-refractivity contribution in [3.63, 3.8) is 0 Å². The van der Waals surface area contributed by atoms with Gasteiger partial charge in [-0.05, 0) is 0 Å². The Kier molecular flexibility index (Phi) is 4.94. The first-order chi connectivity index (χ1) is 6.54. The van der Waals surface area contributed by atoms with E-state index in [1.165, 1.54) is 0 Å². The van der Waals surface area contributed by atoms with Crippen LogP contribution in [0.2, 0.25) is 0 Å². The fourth-order valence-corrected chi connectivity index (χ4v) is 2.83. The van der Waals surface area contributed by atoms with Gasteiger partial charge in [-0.2, -0.15) is 0 Å². The summed E-state index contributed by atoms with van der Waals surface area (Å²) in [5.41, 5.74) is -1.37. The molecule has 0 rings (SSSR count). The van der Waals surface area contributed by atoms with Crippen LogP contribution in [0.1, 0.15) is 54.4 Å². The zero-order valence-electron chi connectivity index (χ0n) is 10.5. The zero-order valence-corrected chi connectivity index (χ0v) is 11.7. The minimum absolute atomic E-state index is 0.618. The molecule has 0 aliphatic heterocycles. The van der Waals surface area contributed by atoms with Crippen molar-refractivity contribution in [2.75, 3.05) is 0 Å². The predicted octanol–water partition coefficient (Wildman–Crippen LogP) is 3.07. The second kappa shape index (κ2) is 4.92. The molecule has 0 heterocycles. The van der Waals surface area contributed by atoms with E-state index in [2.05, 4.69) is 0 Å². The number of rotatable bonds is 6. The first-order valence-corrected chi connectivity index (χ1v) is 7.28. The summed E-state index contributed by atoms with van der Waals surface area (Å²) in [4.78, 5) is 0. The first kappa shape index (κ1) is 15.1. The molecule has 0 radical (unpaired) electrons. The van der Waals surface area contributed by atoms with E-state index in [-0.39, 0.29) is 0 Å². The Morgan fingerprint density at radius 1 is 0.867 bits per heavy atom. The van der Waals surface area contributed by atoms with Crippen molar-refractivity contribution >= 4 is 0 Å². The minimum atomic E-state index is -4.70. The fraction of sp³-hybridized carbons (Fsp3) is 1.00. The van der Waals surface area contributed by atoms with Crippen molar-refractivity contribution in [2.45, 2.75) is 65.6 Å². The molecule has 0 saturated carbocycles. The van der Waals surface area contributed by atoms with Gasteiger partial charge >= 0.3 is 94.4 Å². The van der Waals surface area contributed by atoms with Crippen molar-refractivity contribution in [2.24, 2.45) is 0 Å². The normalized spacial score (nSPS) is 14.3. The molecular weight excluding hydrogens is 236 g/mol. The molecule has 0 unspecified atom stereocenters. The molecule has 0 aliphatic carbocycles. The van der Waals surface area contributed by atoms with Gasteiger partial charge in [-0.15, -0.1) is 0 Å². The third-order valence-electron chi connectivity index (χ3n) is 2.36.